The molecule has 1 rings (SSSR count). The van der Waals surface area contributed by atoms with Crippen LogP contribution in [0.2, 0.25) is 0 Å². The molecule has 0 aliphatic rings. The van der Waals surface area contributed by atoms with Gasteiger partial charge in [-0.25, -0.2) is 9.80 Å². The molecule has 0 spiro atoms. The number of hydrogen-bond acceptors (Lipinski definition) is 6. The van der Waals surface area contributed by atoms with Gasteiger partial charge in [0.15, 0.2) is 0 Å². The van der Waals surface area contributed by atoms with Crippen molar-refractivity contribution in [3.63, 3.8) is 0 Å². The Labute approximate surface area is 160 Å². The second-order valence-corrected chi connectivity index (χ2v) is 6.44. The molecule has 27 heavy (non-hydrogen) atoms. The number of nitrogens with zero attached hydrogens (tertiary/aromatic N) is 2. The SMILES string of the molecule is CCCCCN(C(=O)OCc1ccccc1)N(C(=O)C(C)N)C(=O)C(C)N. The number of ether oxygens (including phenoxy) is 1. The Morgan fingerprint density at radius 1 is 1.00 bits per heavy atom. The summed E-state index contributed by atoms with van der Waals surface area (Å²) < 4.78 is 5.32. The number of hydrogen-bond donors (Lipinski definition) is 2. The summed E-state index contributed by atoms with van der Waals surface area (Å²) in [4.78, 5) is 37.7. The molecule has 0 aromatic heterocycles. The van der Waals surface area contributed by atoms with Crippen molar-refractivity contribution in [1.29, 1.82) is 0 Å². The van der Waals surface area contributed by atoms with Gasteiger partial charge >= 0.3 is 6.09 Å². The topological polar surface area (TPSA) is 119 Å². The van der Waals surface area contributed by atoms with Gasteiger partial charge in [0.05, 0.1) is 12.1 Å². The molecule has 0 saturated heterocycles. The molecule has 8 heteroatoms. The number of nitrogens with two attached hydrogens (primary N) is 2. The molecule has 0 heterocycles. The van der Waals surface area contributed by atoms with Gasteiger partial charge in [0.2, 0.25) is 0 Å². The van der Waals surface area contributed by atoms with E-state index < -0.39 is 30.0 Å². The zero-order valence-electron chi connectivity index (χ0n) is 16.3. The molecule has 0 aliphatic carbocycles. The Morgan fingerprint density at radius 3 is 2.04 bits per heavy atom. The van der Waals surface area contributed by atoms with Crippen LogP contribution < -0.4 is 11.5 Å². The predicted molar refractivity (Wildman–Crippen MR) is 102 cm³/mol. The summed E-state index contributed by atoms with van der Waals surface area (Å²) in [5, 5.41) is 1.74. The molecule has 3 amide bonds. The lowest BCUT2D eigenvalue weighted by atomic mass is 10.2. The number of carbonyl (C=O) groups is 3. The van der Waals surface area contributed by atoms with Crippen molar-refractivity contribution in [3.05, 3.63) is 35.9 Å². The first kappa shape index (κ1) is 22.6. The van der Waals surface area contributed by atoms with Crippen LogP contribution in [0, 0.1) is 0 Å². The van der Waals surface area contributed by atoms with E-state index in [0.717, 1.165) is 28.4 Å². The molecular weight excluding hydrogens is 348 g/mol. The average Bonchev–Trinajstić information content (AvgIpc) is 2.65. The van der Waals surface area contributed by atoms with E-state index in [4.69, 9.17) is 16.2 Å². The highest BCUT2D eigenvalue weighted by molar-refractivity contribution is 6.00. The first-order chi connectivity index (χ1) is 12.8. The summed E-state index contributed by atoms with van der Waals surface area (Å²) in [5.74, 6) is -1.41. The Morgan fingerprint density at radius 2 is 1.56 bits per heavy atom. The number of unbranched alkanes of at least 4 members (excludes halogenated alkanes) is 2. The third-order valence-electron chi connectivity index (χ3n) is 3.83. The second-order valence-electron chi connectivity index (χ2n) is 6.44. The van der Waals surface area contributed by atoms with Gasteiger partial charge in [-0.1, -0.05) is 50.1 Å². The van der Waals surface area contributed by atoms with Gasteiger partial charge in [0, 0.05) is 6.54 Å². The maximum absolute atomic E-state index is 12.7. The van der Waals surface area contributed by atoms with E-state index in [0.29, 0.717) is 6.42 Å². The van der Waals surface area contributed by atoms with Crippen molar-refractivity contribution in [1.82, 2.24) is 10.0 Å². The maximum Gasteiger partial charge on any atom is 0.429 e. The molecule has 150 valence electrons. The first-order valence-corrected chi connectivity index (χ1v) is 9.16. The summed E-state index contributed by atoms with van der Waals surface area (Å²) in [6.07, 6.45) is 1.55. The number of carbonyl (C=O) groups excluding carboxylic acids is 3. The second kappa shape index (κ2) is 11.3. The maximum atomic E-state index is 12.7. The molecule has 8 nitrogen and oxygen atoms in total. The third-order valence-corrected chi connectivity index (χ3v) is 3.83. The Hall–Kier alpha value is -2.45. The lowest BCUT2D eigenvalue weighted by Gasteiger charge is -2.34. The number of amides is 3. The summed E-state index contributed by atoms with van der Waals surface area (Å²) >= 11 is 0. The highest BCUT2D eigenvalue weighted by Crippen LogP contribution is 2.11. The first-order valence-electron chi connectivity index (χ1n) is 9.16. The standard InChI is InChI=1S/C19H30N4O4/c1-4-5-9-12-22(19(26)27-13-16-10-7-6-8-11-16)23(17(24)14(2)20)18(25)15(3)21/h6-8,10-11,14-15H,4-5,9,12-13,20-21H2,1-3H3. The lowest BCUT2D eigenvalue weighted by Crippen LogP contribution is -2.60. The highest BCUT2D eigenvalue weighted by atomic mass is 16.6. The lowest BCUT2D eigenvalue weighted by molar-refractivity contribution is -0.163. The van der Waals surface area contributed by atoms with Crippen LogP contribution in [-0.2, 0) is 20.9 Å². The molecule has 4 N–H and O–H groups in total. The molecule has 0 bridgehead atoms. The van der Waals surface area contributed by atoms with Crippen molar-refractivity contribution in [2.75, 3.05) is 6.54 Å². The molecule has 0 saturated carbocycles. The summed E-state index contributed by atoms with van der Waals surface area (Å²) in [6, 6.07) is 7.19. The van der Waals surface area contributed by atoms with Crippen LogP contribution in [0.1, 0.15) is 45.6 Å². The fourth-order valence-corrected chi connectivity index (χ4v) is 2.31. The van der Waals surface area contributed by atoms with Gasteiger partial charge in [-0.2, -0.15) is 5.01 Å². The van der Waals surface area contributed by atoms with Crippen LogP contribution in [-0.4, -0.2) is 46.6 Å². The quantitative estimate of drug-likeness (QED) is 0.526. The van der Waals surface area contributed by atoms with Gasteiger partial charge in [-0.05, 0) is 25.8 Å². The summed E-state index contributed by atoms with van der Waals surface area (Å²) in [6.45, 7) is 5.08. The zero-order chi connectivity index (χ0) is 20.4. The predicted octanol–water partition coefficient (Wildman–Crippen LogP) is 1.78. The monoisotopic (exact) mass is 378 g/mol. The molecule has 2 unspecified atom stereocenters. The van der Waals surface area contributed by atoms with Gasteiger partial charge in [-0.15, -0.1) is 0 Å². The minimum atomic E-state index is -0.969. The highest BCUT2D eigenvalue weighted by Gasteiger charge is 2.35. The van der Waals surface area contributed by atoms with E-state index in [-0.39, 0.29) is 13.2 Å². The van der Waals surface area contributed by atoms with Crippen LogP contribution >= 0.6 is 0 Å². The normalized spacial score (nSPS) is 12.8. The zero-order valence-corrected chi connectivity index (χ0v) is 16.3. The van der Waals surface area contributed by atoms with Crippen LogP contribution in [0.25, 0.3) is 0 Å². The largest absolute Gasteiger partial charge is 0.443 e. The van der Waals surface area contributed by atoms with Gasteiger partial charge < -0.3 is 16.2 Å². The molecule has 0 radical (unpaired) electrons. The fourth-order valence-electron chi connectivity index (χ4n) is 2.31. The molecule has 1 aromatic carbocycles. The summed E-state index contributed by atoms with van der Waals surface area (Å²) in [7, 11) is 0. The Balaban J connectivity index is 3.03. The van der Waals surface area contributed by atoms with Crippen molar-refractivity contribution in [3.8, 4) is 0 Å². The summed E-state index contributed by atoms with van der Waals surface area (Å²) in [5.41, 5.74) is 12.1. The molecule has 0 aliphatic heterocycles. The van der Waals surface area contributed by atoms with Crippen molar-refractivity contribution in [2.24, 2.45) is 11.5 Å². The number of hydrazine groups is 1. The number of benzene rings is 1. The number of imide groups is 1. The van der Waals surface area contributed by atoms with E-state index in [1.807, 2.05) is 37.3 Å². The van der Waals surface area contributed by atoms with Crippen LogP contribution in [0.3, 0.4) is 0 Å². The van der Waals surface area contributed by atoms with Crippen LogP contribution in [0.4, 0.5) is 4.79 Å². The Bertz CT molecular complexity index is 599. The Kier molecular flexibility index (Phi) is 9.46. The van der Waals surface area contributed by atoms with Gasteiger partial charge in [0.25, 0.3) is 11.8 Å². The van der Waals surface area contributed by atoms with Crippen LogP contribution in [0.5, 0.6) is 0 Å². The molecular formula is C19H30N4O4. The van der Waals surface area contributed by atoms with Crippen molar-refractivity contribution >= 4 is 17.9 Å². The average molecular weight is 378 g/mol. The fraction of sp³-hybridized carbons (Fsp3) is 0.526. The van der Waals surface area contributed by atoms with E-state index in [2.05, 4.69) is 0 Å². The van der Waals surface area contributed by atoms with Crippen molar-refractivity contribution in [2.45, 2.75) is 58.7 Å². The third kappa shape index (κ3) is 6.99. The molecule has 1 aromatic rings. The van der Waals surface area contributed by atoms with E-state index >= 15 is 0 Å². The van der Waals surface area contributed by atoms with E-state index in [9.17, 15) is 14.4 Å². The van der Waals surface area contributed by atoms with E-state index in [1.165, 1.54) is 13.8 Å². The molecule has 0 fully saturated rings. The smallest absolute Gasteiger partial charge is 0.429 e. The van der Waals surface area contributed by atoms with Crippen molar-refractivity contribution < 1.29 is 19.1 Å². The van der Waals surface area contributed by atoms with Gasteiger partial charge in [-0.3, -0.25) is 9.59 Å². The van der Waals surface area contributed by atoms with E-state index in [1.54, 1.807) is 0 Å². The van der Waals surface area contributed by atoms with Crippen LogP contribution in [0.15, 0.2) is 30.3 Å². The minimum Gasteiger partial charge on any atom is -0.443 e. The number of rotatable bonds is 8. The minimum absolute atomic E-state index is 0.0243. The van der Waals surface area contributed by atoms with Gasteiger partial charge in [0.1, 0.15) is 6.61 Å². The molecule has 2 atom stereocenters.